The zero-order chi connectivity index (χ0) is 13.1. The van der Waals surface area contributed by atoms with Crippen molar-refractivity contribution in [1.82, 2.24) is 10.6 Å². The smallest absolute Gasteiger partial charge is 0.287 e. The molecule has 0 saturated heterocycles. The molecule has 1 aromatic heterocycles. The summed E-state index contributed by atoms with van der Waals surface area (Å²) in [6.45, 7) is 2.46. The van der Waals surface area contributed by atoms with Crippen LogP contribution in [0.3, 0.4) is 0 Å². The maximum absolute atomic E-state index is 12.0. The van der Waals surface area contributed by atoms with Crippen LogP contribution in [0.1, 0.15) is 17.0 Å². The Hall–Kier alpha value is -2.07. The number of hydrogen-bond donors (Lipinski definition) is 2. The number of carbonyl (C=O) groups excluding carboxylic acids is 1. The molecule has 2 heterocycles. The summed E-state index contributed by atoms with van der Waals surface area (Å²) in [5, 5.41) is 7.10. The number of carbonyl (C=O) groups is 1. The first kappa shape index (κ1) is 12.0. The minimum absolute atomic E-state index is 0.157. The van der Waals surface area contributed by atoms with Crippen LogP contribution in [0.25, 0.3) is 11.0 Å². The summed E-state index contributed by atoms with van der Waals surface area (Å²) in [5.41, 5.74) is 2.01. The number of benzene rings is 1. The molecule has 0 bridgehead atoms. The molecule has 0 aliphatic carbocycles. The Morgan fingerprint density at radius 3 is 3.05 bits per heavy atom. The van der Waals surface area contributed by atoms with Gasteiger partial charge in [-0.3, -0.25) is 4.79 Å². The lowest BCUT2D eigenvalue weighted by molar-refractivity contribution is 0.0931. The van der Waals surface area contributed by atoms with E-state index in [1.54, 1.807) is 6.07 Å². The second kappa shape index (κ2) is 5.28. The van der Waals surface area contributed by atoms with Crippen molar-refractivity contribution in [3.63, 3.8) is 0 Å². The SMILES string of the molecule is O=C(NCC1=CCNCC1)c1cc2ccccc2o1. The molecule has 1 aliphatic heterocycles. The summed E-state index contributed by atoms with van der Waals surface area (Å²) in [4.78, 5) is 12.0. The molecule has 1 aromatic carbocycles. The van der Waals surface area contributed by atoms with Crippen molar-refractivity contribution >= 4 is 16.9 Å². The maximum Gasteiger partial charge on any atom is 0.287 e. The third kappa shape index (κ3) is 2.69. The van der Waals surface area contributed by atoms with Gasteiger partial charge in [0.1, 0.15) is 5.58 Å². The third-order valence-electron chi connectivity index (χ3n) is 3.28. The van der Waals surface area contributed by atoms with E-state index in [0.717, 1.165) is 30.5 Å². The molecule has 0 unspecified atom stereocenters. The summed E-state index contributed by atoms with van der Waals surface area (Å²) in [6.07, 6.45) is 3.11. The summed E-state index contributed by atoms with van der Waals surface area (Å²) in [7, 11) is 0. The lowest BCUT2D eigenvalue weighted by Crippen LogP contribution is -2.29. The maximum atomic E-state index is 12.0. The van der Waals surface area contributed by atoms with Gasteiger partial charge in [0.05, 0.1) is 0 Å². The van der Waals surface area contributed by atoms with Crippen molar-refractivity contribution in [2.75, 3.05) is 19.6 Å². The van der Waals surface area contributed by atoms with E-state index in [1.165, 1.54) is 5.57 Å². The standard InChI is InChI=1S/C15H16N2O2/c18-15(17-10-11-5-7-16-8-6-11)14-9-12-3-1-2-4-13(12)19-14/h1-5,9,16H,6-8,10H2,(H,17,18). The Bertz CT molecular complexity index is 595. The zero-order valence-corrected chi connectivity index (χ0v) is 10.6. The van der Waals surface area contributed by atoms with Crippen LogP contribution in [-0.2, 0) is 0 Å². The predicted molar refractivity (Wildman–Crippen MR) is 74.1 cm³/mol. The molecule has 4 nitrogen and oxygen atoms in total. The molecule has 1 aliphatic rings. The van der Waals surface area contributed by atoms with E-state index in [9.17, 15) is 4.79 Å². The molecule has 0 radical (unpaired) electrons. The van der Waals surface area contributed by atoms with Gasteiger partial charge in [-0.1, -0.05) is 29.8 Å². The second-order valence-electron chi connectivity index (χ2n) is 4.65. The monoisotopic (exact) mass is 256 g/mol. The van der Waals surface area contributed by atoms with Crippen LogP contribution in [0.4, 0.5) is 0 Å². The number of amides is 1. The van der Waals surface area contributed by atoms with Crippen LogP contribution in [0, 0.1) is 0 Å². The van der Waals surface area contributed by atoms with Crippen molar-refractivity contribution in [1.29, 1.82) is 0 Å². The fourth-order valence-electron chi connectivity index (χ4n) is 2.20. The zero-order valence-electron chi connectivity index (χ0n) is 10.6. The molecule has 2 N–H and O–H groups in total. The molecular formula is C15H16N2O2. The van der Waals surface area contributed by atoms with Crippen LogP contribution in [0.2, 0.25) is 0 Å². The van der Waals surface area contributed by atoms with E-state index in [2.05, 4.69) is 16.7 Å². The number of hydrogen-bond acceptors (Lipinski definition) is 3. The molecule has 19 heavy (non-hydrogen) atoms. The molecule has 0 fully saturated rings. The molecular weight excluding hydrogens is 240 g/mol. The summed E-state index contributed by atoms with van der Waals surface area (Å²) < 4.78 is 5.53. The number of fused-ring (bicyclic) bond motifs is 1. The van der Waals surface area contributed by atoms with Crippen LogP contribution in [0.15, 0.2) is 46.4 Å². The largest absolute Gasteiger partial charge is 0.451 e. The van der Waals surface area contributed by atoms with Gasteiger partial charge >= 0.3 is 0 Å². The van der Waals surface area contributed by atoms with Gasteiger partial charge < -0.3 is 15.1 Å². The highest BCUT2D eigenvalue weighted by Crippen LogP contribution is 2.18. The highest BCUT2D eigenvalue weighted by molar-refractivity contribution is 5.96. The van der Waals surface area contributed by atoms with Crippen LogP contribution in [-0.4, -0.2) is 25.5 Å². The first-order valence-electron chi connectivity index (χ1n) is 6.48. The Morgan fingerprint density at radius 2 is 2.26 bits per heavy atom. The van der Waals surface area contributed by atoms with Crippen molar-refractivity contribution < 1.29 is 9.21 Å². The van der Waals surface area contributed by atoms with Crippen molar-refractivity contribution in [3.8, 4) is 0 Å². The van der Waals surface area contributed by atoms with E-state index in [4.69, 9.17) is 4.42 Å². The topological polar surface area (TPSA) is 54.3 Å². The molecule has 98 valence electrons. The minimum atomic E-state index is -0.157. The summed E-state index contributed by atoms with van der Waals surface area (Å²) in [5.74, 6) is 0.214. The van der Waals surface area contributed by atoms with Gasteiger partial charge in [-0.25, -0.2) is 0 Å². The molecule has 0 atom stereocenters. The molecule has 3 rings (SSSR count). The highest BCUT2D eigenvalue weighted by atomic mass is 16.3. The number of rotatable bonds is 3. The van der Waals surface area contributed by atoms with Gasteiger partial charge in [-0.2, -0.15) is 0 Å². The van der Waals surface area contributed by atoms with E-state index in [0.29, 0.717) is 12.3 Å². The van der Waals surface area contributed by atoms with Crippen LogP contribution >= 0.6 is 0 Å². The highest BCUT2D eigenvalue weighted by Gasteiger charge is 2.12. The number of nitrogens with one attached hydrogen (secondary N) is 2. The van der Waals surface area contributed by atoms with Crippen LogP contribution < -0.4 is 10.6 Å². The lowest BCUT2D eigenvalue weighted by atomic mass is 10.1. The number of furan rings is 1. The Labute approximate surface area is 111 Å². The first-order valence-corrected chi connectivity index (χ1v) is 6.48. The second-order valence-corrected chi connectivity index (χ2v) is 4.65. The van der Waals surface area contributed by atoms with Gasteiger partial charge in [-0.05, 0) is 25.1 Å². The Balaban J connectivity index is 1.68. The predicted octanol–water partition coefficient (Wildman–Crippen LogP) is 2.08. The summed E-state index contributed by atoms with van der Waals surface area (Å²) >= 11 is 0. The number of para-hydroxylation sites is 1. The van der Waals surface area contributed by atoms with Gasteiger partial charge in [0, 0.05) is 18.5 Å². The summed E-state index contributed by atoms with van der Waals surface area (Å²) in [6, 6.07) is 9.40. The van der Waals surface area contributed by atoms with E-state index >= 15 is 0 Å². The van der Waals surface area contributed by atoms with Gasteiger partial charge in [0.15, 0.2) is 5.76 Å². The Kier molecular flexibility index (Phi) is 3.33. The minimum Gasteiger partial charge on any atom is -0.451 e. The molecule has 0 saturated carbocycles. The quantitative estimate of drug-likeness (QED) is 0.827. The normalized spacial score (nSPS) is 15.3. The van der Waals surface area contributed by atoms with E-state index in [-0.39, 0.29) is 5.91 Å². The fourth-order valence-corrected chi connectivity index (χ4v) is 2.20. The van der Waals surface area contributed by atoms with Gasteiger partial charge in [0.2, 0.25) is 0 Å². The van der Waals surface area contributed by atoms with Gasteiger partial charge in [-0.15, -0.1) is 0 Å². The molecule has 4 heteroatoms. The van der Waals surface area contributed by atoms with Gasteiger partial charge in [0.25, 0.3) is 5.91 Å². The fraction of sp³-hybridized carbons (Fsp3) is 0.267. The Morgan fingerprint density at radius 1 is 1.37 bits per heavy atom. The van der Waals surface area contributed by atoms with Crippen LogP contribution in [0.5, 0.6) is 0 Å². The van der Waals surface area contributed by atoms with E-state index in [1.807, 2.05) is 24.3 Å². The molecule has 0 spiro atoms. The average molecular weight is 256 g/mol. The van der Waals surface area contributed by atoms with Crippen molar-refractivity contribution in [2.45, 2.75) is 6.42 Å². The van der Waals surface area contributed by atoms with Crippen molar-refractivity contribution in [2.24, 2.45) is 0 Å². The lowest BCUT2D eigenvalue weighted by Gasteiger charge is -2.13. The van der Waals surface area contributed by atoms with E-state index < -0.39 is 0 Å². The third-order valence-corrected chi connectivity index (χ3v) is 3.28. The average Bonchev–Trinajstić information content (AvgIpc) is 2.90. The molecule has 2 aromatic rings. The first-order chi connectivity index (χ1) is 9.33. The van der Waals surface area contributed by atoms with Crippen molar-refractivity contribution in [3.05, 3.63) is 47.7 Å². The molecule has 1 amide bonds.